The van der Waals surface area contributed by atoms with Gasteiger partial charge in [0.25, 0.3) is 0 Å². The molecule has 0 saturated heterocycles. The Labute approximate surface area is 95.9 Å². The summed E-state index contributed by atoms with van der Waals surface area (Å²) in [4.78, 5) is 11.2. The number of carbonyl (C=O) groups is 1. The topological polar surface area (TPSA) is 46.5 Å². The summed E-state index contributed by atoms with van der Waals surface area (Å²) in [5, 5.41) is 8.66. The fraction of sp³-hybridized carbons (Fsp3) is 0.727. The molecular formula is C11H20O3S. The highest BCUT2D eigenvalue weighted by Crippen LogP contribution is 2.19. The summed E-state index contributed by atoms with van der Waals surface area (Å²) in [5.41, 5.74) is 0.291. The molecule has 0 bridgehead atoms. The van der Waals surface area contributed by atoms with Crippen molar-refractivity contribution in [1.82, 2.24) is 0 Å². The number of hydrogen-bond donors (Lipinski definition) is 1. The molecule has 0 amide bonds. The van der Waals surface area contributed by atoms with Crippen LogP contribution in [-0.4, -0.2) is 34.8 Å². The zero-order chi connectivity index (χ0) is 11.9. The SMILES string of the molecule is C=C(C)C(=O)SCCC(C)(C)OCCO. The lowest BCUT2D eigenvalue weighted by atomic mass is 10.1. The van der Waals surface area contributed by atoms with E-state index < -0.39 is 0 Å². The van der Waals surface area contributed by atoms with Crippen molar-refractivity contribution in [2.24, 2.45) is 0 Å². The van der Waals surface area contributed by atoms with E-state index >= 15 is 0 Å². The molecule has 0 aliphatic heterocycles. The number of carbonyl (C=O) groups excluding carboxylic acids is 1. The molecule has 0 atom stereocenters. The van der Waals surface area contributed by atoms with E-state index in [1.54, 1.807) is 6.92 Å². The Bertz CT molecular complexity index is 224. The van der Waals surface area contributed by atoms with Crippen molar-refractivity contribution in [2.45, 2.75) is 32.8 Å². The first kappa shape index (κ1) is 14.7. The first-order chi connectivity index (χ1) is 6.89. The van der Waals surface area contributed by atoms with Crippen LogP contribution >= 0.6 is 11.8 Å². The molecule has 0 aromatic rings. The summed E-state index contributed by atoms with van der Waals surface area (Å²) in [6.07, 6.45) is 0.774. The lowest BCUT2D eigenvalue weighted by molar-refractivity contribution is -0.107. The summed E-state index contributed by atoms with van der Waals surface area (Å²) >= 11 is 1.26. The number of hydrogen-bond acceptors (Lipinski definition) is 4. The predicted molar refractivity (Wildman–Crippen MR) is 64.0 cm³/mol. The van der Waals surface area contributed by atoms with Crippen molar-refractivity contribution in [1.29, 1.82) is 0 Å². The van der Waals surface area contributed by atoms with Gasteiger partial charge in [-0.15, -0.1) is 0 Å². The highest BCUT2D eigenvalue weighted by atomic mass is 32.2. The van der Waals surface area contributed by atoms with E-state index in [2.05, 4.69) is 6.58 Å². The summed E-state index contributed by atoms with van der Waals surface area (Å²) in [5.74, 6) is 0.712. The number of aliphatic hydroxyl groups excluding tert-OH is 1. The normalized spacial score (nSPS) is 11.5. The van der Waals surface area contributed by atoms with E-state index in [0.717, 1.165) is 6.42 Å². The molecule has 0 aliphatic carbocycles. The quantitative estimate of drug-likeness (QED) is 0.682. The van der Waals surface area contributed by atoms with E-state index in [-0.39, 0.29) is 17.3 Å². The first-order valence-electron chi connectivity index (χ1n) is 4.96. The summed E-state index contributed by atoms with van der Waals surface area (Å²) in [6.45, 7) is 9.57. The lowest BCUT2D eigenvalue weighted by Gasteiger charge is -2.24. The van der Waals surface area contributed by atoms with Gasteiger partial charge in [-0.05, 0) is 32.8 Å². The van der Waals surface area contributed by atoms with Gasteiger partial charge < -0.3 is 9.84 Å². The molecule has 0 unspecified atom stereocenters. The summed E-state index contributed by atoms with van der Waals surface area (Å²) < 4.78 is 5.42. The van der Waals surface area contributed by atoms with E-state index in [4.69, 9.17) is 9.84 Å². The third-order valence-corrected chi connectivity index (χ3v) is 2.89. The van der Waals surface area contributed by atoms with Gasteiger partial charge in [-0.25, -0.2) is 0 Å². The molecule has 15 heavy (non-hydrogen) atoms. The van der Waals surface area contributed by atoms with Crippen molar-refractivity contribution in [3.63, 3.8) is 0 Å². The second-order valence-corrected chi connectivity index (χ2v) is 5.07. The molecule has 3 nitrogen and oxygen atoms in total. The molecule has 0 spiro atoms. The second-order valence-electron chi connectivity index (χ2n) is 4.00. The van der Waals surface area contributed by atoms with Gasteiger partial charge in [-0.1, -0.05) is 18.3 Å². The Morgan fingerprint density at radius 1 is 1.53 bits per heavy atom. The molecule has 0 heterocycles. The van der Waals surface area contributed by atoms with Gasteiger partial charge in [0.15, 0.2) is 0 Å². The lowest BCUT2D eigenvalue weighted by Crippen LogP contribution is -2.27. The maximum Gasteiger partial charge on any atom is 0.214 e. The van der Waals surface area contributed by atoms with Crippen molar-refractivity contribution in [2.75, 3.05) is 19.0 Å². The Morgan fingerprint density at radius 3 is 2.60 bits per heavy atom. The number of rotatable bonds is 7. The minimum absolute atomic E-state index is 0.0290. The minimum Gasteiger partial charge on any atom is -0.394 e. The van der Waals surface area contributed by atoms with Crippen LogP contribution in [-0.2, 0) is 9.53 Å². The van der Waals surface area contributed by atoms with Crippen molar-refractivity contribution in [3.05, 3.63) is 12.2 Å². The van der Waals surface area contributed by atoms with Crippen LogP contribution in [0.1, 0.15) is 27.2 Å². The zero-order valence-electron chi connectivity index (χ0n) is 9.71. The van der Waals surface area contributed by atoms with Crippen LogP contribution in [0.25, 0.3) is 0 Å². The Kier molecular flexibility index (Phi) is 6.89. The molecule has 0 saturated carbocycles. The fourth-order valence-electron chi connectivity index (χ4n) is 0.907. The monoisotopic (exact) mass is 232 g/mol. The average Bonchev–Trinajstić information content (AvgIpc) is 2.14. The third-order valence-electron chi connectivity index (χ3n) is 1.87. The van der Waals surface area contributed by atoms with Gasteiger partial charge in [0.2, 0.25) is 5.12 Å². The molecule has 88 valence electrons. The Morgan fingerprint density at radius 2 is 2.13 bits per heavy atom. The fourth-order valence-corrected chi connectivity index (χ4v) is 1.93. The smallest absolute Gasteiger partial charge is 0.214 e. The Balaban J connectivity index is 3.74. The largest absolute Gasteiger partial charge is 0.394 e. The van der Waals surface area contributed by atoms with E-state index in [0.29, 0.717) is 17.9 Å². The first-order valence-corrected chi connectivity index (χ1v) is 5.95. The standard InChI is InChI=1S/C11H20O3S/c1-9(2)10(13)15-8-5-11(3,4)14-7-6-12/h12H,1,5-8H2,2-4H3. The molecule has 0 aromatic heterocycles. The maximum atomic E-state index is 11.2. The predicted octanol–water partition coefficient (Wildman–Crippen LogP) is 2.00. The summed E-state index contributed by atoms with van der Waals surface area (Å²) in [6, 6.07) is 0. The highest BCUT2D eigenvalue weighted by Gasteiger charge is 2.18. The van der Waals surface area contributed by atoms with Crippen LogP contribution in [0.3, 0.4) is 0 Å². The Hall–Kier alpha value is -0.320. The molecule has 0 rings (SSSR count). The third kappa shape index (κ3) is 7.59. The van der Waals surface area contributed by atoms with Crippen LogP contribution in [0.4, 0.5) is 0 Å². The molecule has 0 fully saturated rings. The highest BCUT2D eigenvalue weighted by molar-refractivity contribution is 8.14. The van der Waals surface area contributed by atoms with E-state index in [1.807, 2.05) is 13.8 Å². The number of ether oxygens (including phenoxy) is 1. The van der Waals surface area contributed by atoms with Gasteiger partial charge in [0, 0.05) is 5.75 Å². The van der Waals surface area contributed by atoms with Crippen LogP contribution in [0.2, 0.25) is 0 Å². The van der Waals surface area contributed by atoms with Crippen molar-refractivity contribution in [3.8, 4) is 0 Å². The molecule has 1 N–H and O–H groups in total. The van der Waals surface area contributed by atoms with Gasteiger partial charge in [0.05, 0.1) is 18.8 Å². The van der Waals surface area contributed by atoms with E-state index in [1.165, 1.54) is 11.8 Å². The van der Waals surface area contributed by atoms with Gasteiger partial charge >= 0.3 is 0 Å². The van der Waals surface area contributed by atoms with Gasteiger partial charge in [0.1, 0.15) is 0 Å². The van der Waals surface area contributed by atoms with Crippen LogP contribution in [0.5, 0.6) is 0 Å². The molecule has 0 aromatic carbocycles. The molecule has 0 aliphatic rings. The van der Waals surface area contributed by atoms with Crippen molar-refractivity contribution >= 4 is 16.9 Å². The van der Waals surface area contributed by atoms with E-state index in [9.17, 15) is 4.79 Å². The average molecular weight is 232 g/mol. The number of aliphatic hydroxyl groups is 1. The van der Waals surface area contributed by atoms with Crippen LogP contribution in [0.15, 0.2) is 12.2 Å². The number of thioether (sulfide) groups is 1. The van der Waals surface area contributed by atoms with Gasteiger partial charge in [-0.3, -0.25) is 4.79 Å². The van der Waals surface area contributed by atoms with Gasteiger partial charge in [-0.2, -0.15) is 0 Å². The van der Waals surface area contributed by atoms with Crippen molar-refractivity contribution < 1.29 is 14.6 Å². The minimum atomic E-state index is -0.287. The summed E-state index contributed by atoms with van der Waals surface area (Å²) in [7, 11) is 0. The maximum absolute atomic E-state index is 11.2. The molecular weight excluding hydrogens is 212 g/mol. The molecule has 4 heteroatoms. The van der Waals surface area contributed by atoms with Crippen LogP contribution in [0, 0.1) is 0 Å². The molecule has 0 radical (unpaired) electrons. The van der Waals surface area contributed by atoms with Crippen LogP contribution < -0.4 is 0 Å². The zero-order valence-corrected chi connectivity index (χ0v) is 10.5. The second kappa shape index (κ2) is 7.04.